The lowest BCUT2D eigenvalue weighted by Crippen LogP contribution is -2.54. The Morgan fingerprint density at radius 1 is 1.19 bits per heavy atom. The van der Waals surface area contributed by atoms with Gasteiger partial charge in [0.25, 0.3) is 0 Å². The van der Waals surface area contributed by atoms with Crippen LogP contribution in [0.15, 0.2) is 24.3 Å². The normalized spacial score (nSPS) is 22.5. The van der Waals surface area contributed by atoms with Crippen molar-refractivity contribution < 1.29 is 37.7 Å². The molecule has 2 atom stereocenters. The molecule has 0 aromatic heterocycles. The molecule has 1 aromatic carbocycles. The topological polar surface area (TPSA) is 99.1 Å². The molecule has 0 bridgehead atoms. The number of piperidine rings is 1. The van der Waals surface area contributed by atoms with Gasteiger partial charge in [0, 0.05) is 19.1 Å². The van der Waals surface area contributed by atoms with Crippen molar-refractivity contribution >= 4 is 12.0 Å². The summed E-state index contributed by atoms with van der Waals surface area (Å²) in [7, 11) is 0. The Balaban J connectivity index is 1.91. The maximum atomic E-state index is 13.6. The van der Waals surface area contributed by atoms with E-state index in [-0.39, 0.29) is 12.1 Å². The van der Waals surface area contributed by atoms with E-state index >= 15 is 0 Å². The van der Waals surface area contributed by atoms with Crippen molar-refractivity contribution in [3.05, 3.63) is 29.8 Å². The molecule has 172 valence electrons. The molecular formula is C21H27F3N2O5. The molecule has 31 heavy (non-hydrogen) atoms. The van der Waals surface area contributed by atoms with Crippen LogP contribution in [0.3, 0.4) is 0 Å². The van der Waals surface area contributed by atoms with E-state index in [1.807, 2.05) is 0 Å². The van der Waals surface area contributed by atoms with E-state index in [0.717, 1.165) is 18.6 Å². The number of rotatable bonds is 5. The minimum atomic E-state index is -4.87. The van der Waals surface area contributed by atoms with Crippen LogP contribution in [0.5, 0.6) is 5.75 Å². The first-order valence-corrected chi connectivity index (χ1v) is 10.4. The predicted molar refractivity (Wildman–Crippen MR) is 105 cm³/mol. The number of carboxylic acid groups (broad SMARTS) is 1. The molecule has 10 heteroatoms. The van der Waals surface area contributed by atoms with E-state index in [1.165, 1.54) is 17.0 Å². The molecule has 1 unspecified atom stereocenters. The molecule has 1 aromatic rings. The van der Waals surface area contributed by atoms with Gasteiger partial charge in [0.1, 0.15) is 5.75 Å². The van der Waals surface area contributed by atoms with Crippen LogP contribution in [-0.4, -0.2) is 58.2 Å². The van der Waals surface area contributed by atoms with Crippen molar-refractivity contribution in [3.63, 3.8) is 0 Å². The van der Waals surface area contributed by atoms with Gasteiger partial charge in [-0.15, -0.1) is 13.2 Å². The molecule has 1 aliphatic heterocycles. The van der Waals surface area contributed by atoms with Crippen LogP contribution in [0, 0.1) is 0 Å². The van der Waals surface area contributed by atoms with Gasteiger partial charge in [0.2, 0.25) is 5.91 Å². The minimum Gasteiger partial charge on any atom is -0.465 e. The van der Waals surface area contributed by atoms with Gasteiger partial charge in [-0.3, -0.25) is 4.79 Å². The van der Waals surface area contributed by atoms with Crippen molar-refractivity contribution in [3.8, 4) is 5.75 Å². The van der Waals surface area contributed by atoms with Crippen molar-refractivity contribution in [2.24, 2.45) is 0 Å². The Hall–Kier alpha value is -2.49. The smallest absolute Gasteiger partial charge is 0.465 e. The Bertz CT molecular complexity index is 795. The summed E-state index contributed by atoms with van der Waals surface area (Å²) >= 11 is 0. The van der Waals surface area contributed by atoms with Gasteiger partial charge >= 0.3 is 12.5 Å². The molecule has 7 nitrogen and oxygen atoms in total. The molecule has 1 aliphatic carbocycles. The van der Waals surface area contributed by atoms with Crippen LogP contribution >= 0.6 is 0 Å². The zero-order valence-corrected chi connectivity index (χ0v) is 17.0. The molecule has 0 radical (unpaired) electrons. The number of benzene rings is 1. The number of hydrogen-bond acceptors (Lipinski definition) is 4. The summed E-state index contributed by atoms with van der Waals surface area (Å²) in [5.74, 6) is -1.93. The Morgan fingerprint density at radius 2 is 1.90 bits per heavy atom. The van der Waals surface area contributed by atoms with Crippen LogP contribution in [0.1, 0.15) is 56.4 Å². The van der Waals surface area contributed by atoms with Crippen LogP contribution in [0.4, 0.5) is 18.0 Å². The number of amides is 2. The van der Waals surface area contributed by atoms with E-state index < -0.39 is 41.7 Å². The van der Waals surface area contributed by atoms with Gasteiger partial charge in [-0.25, -0.2) is 4.79 Å². The van der Waals surface area contributed by atoms with Crippen LogP contribution in [0.25, 0.3) is 0 Å². The quantitative estimate of drug-likeness (QED) is 0.644. The molecule has 2 fully saturated rings. The lowest BCUT2D eigenvalue weighted by atomic mass is 9.72. The number of halogens is 3. The zero-order chi connectivity index (χ0) is 22.6. The highest BCUT2D eigenvalue weighted by atomic mass is 19.4. The summed E-state index contributed by atoms with van der Waals surface area (Å²) in [5.41, 5.74) is -1.14. The number of aliphatic hydroxyl groups is 1. The lowest BCUT2D eigenvalue weighted by Gasteiger charge is -2.42. The highest BCUT2D eigenvalue weighted by molar-refractivity contribution is 5.85. The number of hydrogen-bond donors (Lipinski definition) is 3. The molecule has 3 N–H and O–H groups in total. The van der Waals surface area contributed by atoms with Crippen LogP contribution in [-0.2, 0) is 4.79 Å². The third-order valence-electron chi connectivity index (χ3n) is 5.99. The molecule has 2 aliphatic rings. The summed E-state index contributed by atoms with van der Waals surface area (Å²) in [6.07, 6.45) is -1.84. The van der Waals surface area contributed by atoms with E-state index in [1.54, 1.807) is 0 Å². The fourth-order valence-corrected chi connectivity index (χ4v) is 4.68. The van der Waals surface area contributed by atoms with Gasteiger partial charge in [-0.2, -0.15) is 0 Å². The molecule has 0 spiro atoms. The third kappa shape index (κ3) is 6.03. The summed E-state index contributed by atoms with van der Waals surface area (Å²) in [6, 6.07) is 4.76. The first-order valence-electron chi connectivity index (χ1n) is 10.4. The largest absolute Gasteiger partial charge is 0.573 e. The molecule has 1 saturated carbocycles. The Labute approximate surface area is 178 Å². The number of nitrogens with one attached hydrogen (secondary N) is 1. The second-order valence-electron chi connectivity index (χ2n) is 8.29. The number of carbonyl (C=O) groups excluding carboxylic acids is 1. The van der Waals surface area contributed by atoms with E-state index in [2.05, 4.69) is 10.1 Å². The summed E-state index contributed by atoms with van der Waals surface area (Å²) in [4.78, 5) is 26.0. The van der Waals surface area contributed by atoms with Gasteiger partial charge in [-0.05, 0) is 43.4 Å². The van der Waals surface area contributed by atoms with Crippen LogP contribution in [0.2, 0.25) is 0 Å². The van der Waals surface area contributed by atoms with E-state index in [9.17, 15) is 27.9 Å². The Morgan fingerprint density at radius 3 is 2.55 bits per heavy atom. The minimum absolute atomic E-state index is 0.149. The maximum Gasteiger partial charge on any atom is 0.573 e. The fourth-order valence-electron chi connectivity index (χ4n) is 4.68. The maximum absolute atomic E-state index is 13.6. The highest BCUT2D eigenvalue weighted by Gasteiger charge is 2.45. The predicted octanol–water partition coefficient (Wildman–Crippen LogP) is 3.62. The number of carbonyl (C=O) groups is 2. The average Bonchev–Trinajstić information content (AvgIpc) is 2.67. The number of ether oxygens (including phenoxy) is 1. The first-order chi connectivity index (χ1) is 14.6. The molecule has 1 heterocycles. The average molecular weight is 444 g/mol. The summed E-state index contributed by atoms with van der Waals surface area (Å²) in [6.45, 7) is 0.540. The van der Waals surface area contributed by atoms with Crippen molar-refractivity contribution in [2.75, 3.05) is 13.1 Å². The molecule has 1 saturated heterocycles. The summed E-state index contributed by atoms with van der Waals surface area (Å²) in [5, 5.41) is 22.8. The van der Waals surface area contributed by atoms with Gasteiger partial charge < -0.3 is 25.2 Å². The second-order valence-corrected chi connectivity index (χ2v) is 8.29. The number of alkyl halides is 3. The SMILES string of the molecule is O=C(O)N[C@H]1CCCN(C(=O)C(c2cccc(OC(F)(F)F)c2)C2(O)CCCCC2)C1. The first kappa shape index (κ1) is 23.2. The Kier molecular flexibility index (Phi) is 6.98. The zero-order valence-electron chi connectivity index (χ0n) is 17.0. The van der Waals surface area contributed by atoms with Crippen LogP contribution < -0.4 is 10.1 Å². The van der Waals surface area contributed by atoms with Gasteiger partial charge in [0.05, 0.1) is 11.5 Å². The van der Waals surface area contributed by atoms with Crippen molar-refractivity contribution in [1.29, 1.82) is 0 Å². The molecule has 3 rings (SSSR count). The monoisotopic (exact) mass is 444 g/mol. The number of nitrogens with zero attached hydrogens (tertiary/aromatic N) is 1. The molecular weight excluding hydrogens is 417 g/mol. The van der Waals surface area contributed by atoms with Crippen molar-refractivity contribution in [2.45, 2.75) is 68.9 Å². The lowest BCUT2D eigenvalue weighted by molar-refractivity contribution is -0.274. The molecule has 2 amide bonds. The second kappa shape index (κ2) is 9.33. The third-order valence-corrected chi connectivity index (χ3v) is 5.99. The standard InChI is InChI=1S/C21H27F3N2O5/c22-21(23,24)31-16-8-4-6-14(12-16)17(20(30)9-2-1-3-10-20)18(27)26-11-5-7-15(13-26)25-19(28)29/h4,6,8,12,15,17,25,30H,1-3,5,7,9-11,13H2,(H,28,29)/t15-,17?/m0/s1. The van der Waals surface area contributed by atoms with Gasteiger partial charge in [0.15, 0.2) is 0 Å². The summed E-state index contributed by atoms with van der Waals surface area (Å²) < 4.78 is 42.1. The number of likely N-dealkylation sites (tertiary alicyclic amines) is 1. The highest BCUT2D eigenvalue weighted by Crippen LogP contribution is 2.42. The van der Waals surface area contributed by atoms with E-state index in [4.69, 9.17) is 5.11 Å². The fraction of sp³-hybridized carbons (Fsp3) is 0.619. The van der Waals surface area contributed by atoms with E-state index in [0.29, 0.717) is 45.1 Å². The van der Waals surface area contributed by atoms with Crippen molar-refractivity contribution in [1.82, 2.24) is 10.2 Å². The van der Waals surface area contributed by atoms with Gasteiger partial charge in [-0.1, -0.05) is 31.4 Å².